The molecule has 6 rings (SSSR count). The molecular weight excluding hydrogens is 489 g/mol. The predicted octanol–water partition coefficient (Wildman–Crippen LogP) is 3.05. The third kappa shape index (κ3) is 3.28. The molecule has 3 aliphatic rings. The minimum atomic E-state index is -0.719. The van der Waals surface area contributed by atoms with Crippen LogP contribution in [0.25, 0.3) is 22.3 Å². The maximum absolute atomic E-state index is 14.7. The van der Waals surface area contributed by atoms with E-state index in [1.807, 2.05) is 0 Å². The van der Waals surface area contributed by atoms with E-state index in [2.05, 4.69) is 16.9 Å². The molecule has 2 aliphatic heterocycles. The summed E-state index contributed by atoms with van der Waals surface area (Å²) in [6.45, 7) is 4.29. The number of nitrogens with one attached hydrogen (secondary N) is 1. The van der Waals surface area contributed by atoms with Gasteiger partial charge in [-0.2, -0.15) is 0 Å². The molecule has 1 saturated carbocycles. The van der Waals surface area contributed by atoms with Crippen molar-refractivity contribution in [2.75, 3.05) is 29.9 Å². The second-order valence-electron chi connectivity index (χ2n) is 9.14. The lowest BCUT2D eigenvalue weighted by atomic mass is 10.0. The summed E-state index contributed by atoms with van der Waals surface area (Å²) in [6, 6.07) is 4.67. The number of benzene rings is 1. The van der Waals surface area contributed by atoms with E-state index in [1.54, 1.807) is 11.0 Å². The van der Waals surface area contributed by atoms with Crippen LogP contribution in [0, 0.1) is 5.82 Å². The Hall–Kier alpha value is -3.92. The molecule has 1 atom stereocenters. The number of fused-ring (bicyclic) bond motifs is 5. The van der Waals surface area contributed by atoms with Crippen LogP contribution in [0.15, 0.2) is 41.7 Å². The number of carbonyl (C=O) groups excluding carboxylic acids is 2. The van der Waals surface area contributed by atoms with Gasteiger partial charge >= 0.3 is 0 Å². The molecule has 11 heteroatoms. The highest BCUT2D eigenvalue weighted by atomic mass is 35.5. The molecule has 2 aromatic heterocycles. The predicted molar refractivity (Wildman–Crippen MR) is 133 cm³/mol. The Bertz CT molecular complexity index is 1530. The van der Waals surface area contributed by atoms with Crippen molar-refractivity contribution >= 4 is 45.8 Å². The summed E-state index contributed by atoms with van der Waals surface area (Å²) < 4.78 is 16.2. The molecular formula is C25H21ClFN5O4. The monoisotopic (exact) mass is 509 g/mol. The zero-order valence-corrected chi connectivity index (χ0v) is 19.8. The van der Waals surface area contributed by atoms with E-state index >= 15 is 0 Å². The normalized spacial score (nSPS) is 19.1. The van der Waals surface area contributed by atoms with Gasteiger partial charge in [0.1, 0.15) is 28.9 Å². The van der Waals surface area contributed by atoms with Gasteiger partial charge < -0.3 is 20.2 Å². The van der Waals surface area contributed by atoms with E-state index in [0.717, 1.165) is 12.8 Å². The Morgan fingerprint density at radius 2 is 2.06 bits per heavy atom. The Kier molecular flexibility index (Phi) is 5.04. The highest BCUT2D eigenvalue weighted by Crippen LogP contribution is 2.45. The average Bonchev–Trinajstić information content (AvgIpc) is 3.69. The fourth-order valence-electron chi connectivity index (χ4n) is 5.11. The van der Waals surface area contributed by atoms with Crippen LogP contribution in [0.1, 0.15) is 18.9 Å². The first-order valence-electron chi connectivity index (χ1n) is 11.6. The molecule has 1 saturated heterocycles. The van der Waals surface area contributed by atoms with E-state index in [-0.39, 0.29) is 52.1 Å². The van der Waals surface area contributed by atoms with Crippen LogP contribution < -0.4 is 15.8 Å². The van der Waals surface area contributed by atoms with Gasteiger partial charge in [-0.3, -0.25) is 19.0 Å². The second kappa shape index (κ2) is 8.06. The standard InChI is InChI=1S/C25H21ClFN5O4/c1-2-18(34)30-8-9-31-16(11-30)24(35)29-21-22(31)13-10-14(26)20(19-15(27)4-3-5-17(19)33)28-23(13)32(25(21)36)12-6-7-12/h2-5,10,12,16,33H,1,6-9,11H2,(H,29,35)/t16-/m1/s1. The number of pyridine rings is 2. The highest BCUT2D eigenvalue weighted by molar-refractivity contribution is 6.34. The molecule has 0 radical (unpaired) electrons. The summed E-state index contributed by atoms with van der Waals surface area (Å²) in [4.78, 5) is 46.9. The van der Waals surface area contributed by atoms with E-state index in [9.17, 15) is 23.9 Å². The molecule has 2 amide bonds. The van der Waals surface area contributed by atoms with Crippen LogP contribution in [0.4, 0.5) is 15.8 Å². The molecule has 0 bridgehead atoms. The number of phenols is 1. The Morgan fingerprint density at radius 1 is 1.28 bits per heavy atom. The van der Waals surface area contributed by atoms with Crippen molar-refractivity contribution in [3.63, 3.8) is 0 Å². The maximum Gasteiger partial charge on any atom is 0.278 e. The molecule has 2 N–H and O–H groups in total. The van der Waals surface area contributed by atoms with Crippen LogP contribution >= 0.6 is 11.6 Å². The number of anilines is 2. The molecule has 4 heterocycles. The summed E-state index contributed by atoms with van der Waals surface area (Å²) in [5.74, 6) is -1.68. The number of hydrogen-bond donors (Lipinski definition) is 2. The van der Waals surface area contributed by atoms with Gasteiger partial charge in [-0.1, -0.05) is 24.2 Å². The minimum absolute atomic E-state index is 0.0197. The first kappa shape index (κ1) is 22.5. The van der Waals surface area contributed by atoms with E-state index in [4.69, 9.17) is 11.6 Å². The molecule has 9 nitrogen and oxygen atoms in total. The quantitative estimate of drug-likeness (QED) is 0.525. The van der Waals surface area contributed by atoms with Gasteiger partial charge in [0.25, 0.3) is 5.56 Å². The van der Waals surface area contributed by atoms with E-state index in [1.165, 1.54) is 33.7 Å². The maximum atomic E-state index is 14.7. The number of halogens is 2. The van der Waals surface area contributed by atoms with Crippen LogP contribution in [0.5, 0.6) is 5.75 Å². The van der Waals surface area contributed by atoms with Crippen molar-refractivity contribution in [3.8, 4) is 17.0 Å². The minimum Gasteiger partial charge on any atom is -0.507 e. The molecule has 2 fully saturated rings. The molecule has 36 heavy (non-hydrogen) atoms. The lowest BCUT2D eigenvalue weighted by Gasteiger charge is -2.45. The molecule has 0 spiro atoms. The first-order chi connectivity index (χ1) is 17.3. The number of aromatic hydroxyl groups is 1. The van der Waals surface area contributed by atoms with Gasteiger partial charge in [0.15, 0.2) is 0 Å². The highest BCUT2D eigenvalue weighted by Gasteiger charge is 2.42. The molecule has 1 aromatic carbocycles. The number of amides is 2. The van der Waals surface area contributed by atoms with Crippen molar-refractivity contribution in [3.05, 3.63) is 58.1 Å². The van der Waals surface area contributed by atoms with Crippen molar-refractivity contribution < 1.29 is 19.1 Å². The van der Waals surface area contributed by atoms with Crippen molar-refractivity contribution in [2.24, 2.45) is 0 Å². The van der Waals surface area contributed by atoms with Crippen molar-refractivity contribution in [1.29, 1.82) is 0 Å². The topological polar surface area (TPSA) is 108 Å². The van der Waals surface area contributed by atoms with Gasteiger partial charge in [-0.05, 0) is 37.1 Å². The van der Waals surface area contributed by atoms with Crippen LogP contribution in [-0.4, -0.2) is 57.0 Å². The van der Waals surface area contributed by atoms with Gasteiger partial charge in [-0.15, -0.1) is 0 Å². The Morgan fingerprint density at radius 3 is 2.75 bits per heavy atom. The number of phenolic OH excluding ortho intramolecular Hbond substituents is 1. The SMILES string of the molecule is C=CC(=O)N1CCN2c3c(c(=O)n(C4CC4)c4nc(-c5c(O)cccc5F)c(Cl)cc34)NC(=O)[C@H]2C1. The van der Waals surface area contributed by atoms with E-state index in [0.29, 0.717) is 29.8 Å². The third-order valence-corrected chi connectivity index (χ3v) is 7.24. The summed E-state index contributed by atoms with van der Waals surface area (Å²) >= 11 is 6.60. The Balaban J connectivity index is 1.60. The summed E-state index contributed by atoms with van der Waals surface area (Å²) in [7, 11) is 0. The average molecular weight is 510 g/mol. The number of nitrogens with zero attached hydrogens (tertiary/aromatic N) is 4. The van der Waals surface area contributed by atoms with Gasteiger partial charge in [0.2, 0.25) is 11.8 Å². The number of aromatic nitrogens is 2. The summed E-state index contributed by atoms with van der Waals surface area (Å²) in [5.41, 5.74) is 0.364. The Labute approximate surface area is 209 Å². The van der Waals surface area contributed by atoms with Gasteiger partial charge in [-0.25, -0.2) is 9.37 Å². The first-order valence-corrected chi connectivity index (χ1v) is 11.9. The van der Waals surface area contributed by atoms with Gasteiger partial charge in [0, 0.05) is 24.5 Å². The molecule has 0 unspecified atom stereocenters. The molecule has 3 aromatic rings. The zero-order valence-electron chi connectivity index (χ0n) is 19.0. The smallest absolute Gasteiger partial charge is 0.278 e. The van der Waals surface area contributed by atoms with Crippen LogP contribution in [-0.2, 0) is 9.59 Å². The zero-order chi connectivity index (χ0) is 25.3. The fourth-order valence-corrected chi connectivity index (χ4v) is 5.35. The number of rotatable bonds is 3. The molecule has 1 aliphatic carbocycles. The summed E-state index contributed by atoms with van der Waals surface area (Å²) in [6.07, 6.45) is 2.73. The fraction of sp³-hybridized carbons (Fsp3) is 0.280. The summed E-state index contributed by atoms with van der Waals surface area (Å²) in [5, 5.41) is 13.7. The lowest BCUT2D eigenvalue weighted by molar-refractivity contribution is -0.128. The van der Waals surface area contributed by atoms with Crippen molar-refractivity contribution in [1.82, 2.24) is 14.5 Å². The number of hydrogen-bond acceptors (Lipinski definition) is 6. The number of piperazine rings is 1. The number of carbonyl (C=O) groups is 2. The lowest BCUT2D eigenvalue weighted by Crippen LogP contribution is -2.61. The van der Waals surface area contributed by atoms with E-state index < -0.39 is 17.4 Å². The largest absolute Gasteiger partial charge is 0.507 e. The van der Waals surface area contributed by atoms with Gasteiger partial charge in [0.05, 0.1) is 28.5 Å². The van der Waals surface area contributed by atoms with Crippen LogP contribution in [0.3, 0.4) is 0 Å². The molecule has 184 valence electrons. The second-order valence-corrected chi connectivity index (χ2v) is 9.55. The van der Waals surface area contributed by atoms with Crippen molar-refractivity contribution in [2.45, 2.75) is 24.9 Å². The van der Waals surface area contributed by atoms with Crippen LogP contribution in [0.2, 0.25) is 5.02 Å². The third-order valence-electron chi connectivity index (χ3n) is 6.95.